The maximum absolute atomic E-state index is 11.4. The van der Waals surface area contributed by atoms with E-state index in [2.05, 4.69) is 0 Å². The number of aromatic carboxylic acids is 4. The molecule has 0 bridgehead atoms. The summed E-state index contributed by atoms with van der Waals surface area (Å²) in [6.45, 7) is 0. The first-order valence-electron chi connectivity index (χ1n) is 6.44. The summed E-state index contributed by atoms with van der Waals surface area (Å²) in [4.78, 5) is 45.0. The van der Waals surface area contributed by atoms with Gasteiger partial charge in [-0.3, -0.25) is 0 Å². The molecule has 0 unspecified atom stereocenters. The Labute approximate surface area is 134 Å². The molecule has 0 aliphatic rings. The fourth-order valence-corrected chi connectivity index (χ4v) is 2.28. The molecule has 2 aromatic carbocycles. The summed E-state index contributed by atoms with van der Waals surface area (Å²) in [5.74, 6) is -5.79. The lowest BCUT2D eigenvalue weighted by molar-refractivity contribution is 0.0651. The van der Waals surface area contributed by atoms with Crippen molar-refractivity contribution in [1.29, 1.82) is 0 Å². The number of hydrogen-bond donors (Lipinski definition) is 4. The van der Waals surface area contributed by atoms with E-state index in [0.717, 1.165) is 12.1 Å². The van der Waals surface area contributed by atoms with Crippen LogP contribution in [-0.4, -0.2) is 44.3 Å². The van der Waals surface area contributed by atoms with Crippen LogP contribution in [0.1, 0.15) is 41.4 Å². The quantitative estimate of drug-likeness (QED) is 0.651. The Morgan fingerprint density at radius 2 is 1.04 bits per heavy atom. The predicted octanol–water partition coefficient (Wildman–Crippen LogP) is 2.15. The molecule has 0 fully saturated rings. The number of carboxylic acid groups (broad SMARTS) is 4. The van der Waals surface area contributed by atoms with Crippen LogP contribution in [0.4, 0.5) is 0 Å². The second kappa shape index (κ2) is 6.21. The van der Waals surface area contributed by atoms with Crippen LogP contribution in [0, 0.1) is 0 Å². The van der Waals surface area contributed by atoms with Crippen molar-refractivity contribution in [2.45, 2.75) is 0 Å². The standard InChI is InChI=1S/C16H10O8/c17-13(18)8-5-4-7(6-11(8)16(23)24)12-9(14(19)20)2-1-3-10(12)15(21)22/h1-6H,(H,17,18)(H,19,20)(H,21,22)(H,23,24). The summed E-state index contributed by atoms with van der Waals surface area (Å²) in [6, 6.07) is 6.71. The molecular weight excluding hydrogens is 320 g/mol. The second-order valence-corrected chi connectivity index (χ2v) is 4.71. The average molecular weight is 330 g/mol. The van der Waals surface area contributed by atoms with Crippen LogP contribution >= 0.6 is 0 Å². The summed E-state index contributed by atoms with van der Waals surface area (Å²) in [6.07, 6.45) is 0. The van der Waals surface area contributed by atoms with E-state index in [-0.39, 0.29) is 22.3 Å². The largest absolute Gasteiger partial charge is 0.478 e. The summed E-state index contributed by atoms with van der Waals surface area (Å²) in [5, 5.41) is 36.7. The summed E-state index contributed by atoms with van der Waals surface area (Å²) >= 11 is 0. The van der Waals surface area contributed by atoms with Gasteiger partial charge in [-0.15, -0.1) is 0 Å². The van der Waals surface area contributed by atoms with Crippen LogP contribution in [-0.2, 0) is 0 Å². The molecule has 0 saturated carbocycles. The van der Waals surface area contributed by atoms with E-state index in [1.165, 1.54) is 24.3 Å². The van der Waals surface area contributed by atoms with E-state index in [0.29, 0.717) is 0 Å². The molecule has 4 N–H and O–H groups in total. The predicted molar refractivity (Wildman–Crippen MR) is 79.7 cm³/mol. The Balaban J connectivity index is 2.84. The first kappa shape index (κ1) is 16.7. The molecule has 0 radical (unpaired) electrons. The molecule has 2 rings (SSSR count). The highest BCUT2D eigenvalue weighted by Gasteiger charge is 2.23. The Morgan fingerprint density at radius 3 is 1.46 bits per heavy atom. The van der Waals surface area contributed by atoms with Crippen molar-refractivity contribution in [3.8, 4) is 11.1 Å². The molecule has 8 nitrogen and oxygen atoms in total. The van der Waals surface area contributed by atoms with Crippen LogP contribution in [0.2, 0.25) is 0 Å². The fourth-order valence-electron chi connectivity index (χ4n) is 2.28. The van der Waals surface area contributed by atoms with Crippen molar-refractivity contribution in [1.82, 2.24) is 0 Å². The third-order valence-corrected chi connectivity index (χ3v) is 3.29. The van der Waals surface area contributed by atoms with Gasteiger partial charge in [-0.1, -0.05) is 12.1 Å². The molecular formula is C16H10O8. The molecule has 0 aliphatic carbocycles. The minimum Gasteiger partial charge on any atom is -0.478 e. The Hall–Kier alpha value is -3.68. The van der Waals surface area contributed by atoms with Gasteiger partial charge in [0.25, 0.3) is 0 Å². The SMILES string of the molecule is O=C(O)c1ccc(-c2c(C(=O)O)cccc2C(=O)O)cc1C(=O)O. The molecule has 0 heterocycles. The number of benzene rings is 2. The van der Waals surface area contributed by atoms with E-state index < -0.39 is 35.0 Å². The van der Waals surface area contributed by atoms with Crippen molar-refractivity contribution in [3.05, 3.63) is 58.7 Å². The zero-order valence-corrected chi connectivity index (χ0v) is 11.9. The summed E-state index contributed by atoms with van der Waals surface area (Å²) in [5.41, 5.74) is -1.96. The zero-order chi connectivity index (χ0) is 18.0. The van der Waals surface area contributed by atoms with Crippen LogP contribution in [0.15, 0.2) is 36.4 Å². The molecule has 0 spiro atoms. The van der Waals surface area contributed by atoms with E-state index in [1.54, 1.807) is 0 Å². The van der Waals surface area contributed by atoms with Crippen molar-refractivity contribution in [3.63, 3.8) is 0 Å². The van der Waals surface area contributed by atoms with Crippen molar-refractivity contribution < 1.29 is 39.6 Å². The van der Waals surface area contributed by atoms with Crippen LogP contribution < -0.4 is 0 Å². The van der Waals surface area contributed by atoms with Gasteiger partial charge in [0.05, 0.1) is 22.3 Å². The lowest BCUT2D eigenvalue weighted by atomic mass is 9.91. The summed E-state index contributed by atoms with van der Waals surface area (Å²) < 4.78 is 0. The van der Waals surface area contributed by atoms with Gasteiger partial charge in [0.15, 0.2) is 0 Å². The first-order chi connectivity index (χ1) is 11.2. The topological polar surface area (TPSA) is 149 Å². The normalized spacial score (nSPS) is 10.2. The second-order valence-electron chi connectivity index (χ2n) is 4.71. The van der Waals surface area contributed by atoms with Crippen molar-refractivity contribution >= 4 is 23.9 Å². The zero-order valence-electron chi connectivity index (χ0n) is 11.9. The van der Waals surface area contributed by atoms with Gasteiger partial charge in [0.2, 0.25) is 0 Å². The van der Waals surface area contributed by atoms with Crippen molar-refractivity contribution in [2.24, 2.45) is 0 Å². The monoisotopic (exact) mass is 330 g/mol. The molecule has 8 heteroatoms. The van der Waals surface area contributed by atoms with E-state index in [1.807, 2.05) is 0 Å². The van der Waals surface area contributed by atoms with Crippen LogP contribution in [0.3, 0.4) is 0 Å². The minimum atomic E-state index is -1.53. The van der Waals surface area contributed by atoms with Gasteiger partial charge < -0.3 is 20.4 Å². The molecule has 0 aromatic heterocycles. The number of hydrogen-bond acceptors (Lipinski definition) is 4. The highest BCUT2D eigenvalue weighted by Crippen LogP contribution is 2.30. The average Bonchev–Trinajstić information content (AvgIpc) is 2.53. The first-order valence-corrected chi connectivity index (χ1v) is 6.44. The Kier molecular flexibility index (Phi) is 4.32. The molecule has 0 aliphatic heterocycles. The summed E-state index contributed by atoms with van der Waals surface area (Å²) in [7, 11) is 0. The van der Waals surface area contributed by atoms with E-state index in [9.17, 15) is 29.4 Å². The molecule has 0 amide bonds. The molecule has 24 heavy (non-hydrogen) atoms. The number of carboxylic acids is 4. The maximum Gasteiger partial charge on any atom is 0.336 e. The smallest absolute Gasteiger partial charge is 0.336 e. The minimum absolute atomic E-state index is 0.0206. The van der Waals surface area contributed by atoms with Gasteiger partial charge in [-0.2, -0.15) is 0 Å². The van der Waals surface area contributed by atoms with Gasteiger partial charge in [-0.05, 0) is 29.8 Å². The molecule has 0 saturated heterocycles. The lowest BCUT2D eigenvalue weighted by Gasteiger charge is -2.12. The molecule has 0 atom stereocenters. The Bertz CT molecular complexity index is 849. The third kappa shape index (κ3) is 2.93. The molecule has 2 aromatic rings. The van der Waals surface area contributed by atoms with Gasteiger partial charge >= 0.3 is 23.9 Å². The number of carbonyl (C=O) groups is 4. The van der Waals surface area contributed by atoms with Gasteiger partial charge in [0.1, 0.15) is 0 Å². The van der Waals surface area contributed by atoms with Crippen molar-refractivity contribution in [2.75, 3.05) is 0 Å². The third-order valence-electron chi connectivity index (χ3n) is 3.29. The van der Waals surface area contributed by atoms with E-state index >= 15 is 0 Å². The Morgan fingerprint density at radius 1 is 0.583 bits per heavy atom. The maximum atomic E-state index is 11.4. The van der Waals surface area contributed by atoms with Gasteiger partial charge in [-0.25, -0.2) is 19.2 Å². The van der Waals surface area contributed by atoms with E-state index in [4.69, 9.17) is 10.2 Å². The fraction of sp³-hybridized carbons (Fsp3) is 0. The van der Waals surface area contributed by atoms with Crippen LogP contribution in [0.25, 0.3) is 11.1 Å². The lowest BCUT2D eigenvalue weighted by Crippen LogP contribution is -2.10. The highest BCUT2D eigenvalue weighted by atomic mass is 16.4. The highest BCUT2D eigenvalue weighted by molar-refractivity contribution is 6.07. The van der Waals surface area contributed by atoms with Gasteiger partial charge in [0, 0.05) is 5.56 Å². The molecule has 122 valence electrons. The van der Waals surface area contributed by atoms with Crippen LogP contribution in [0.5, 0.6) is 0 Å². The number of rotatable bonds is 5.